The lowest BCUT2D eigenvalue weighted by Gasteiger charge is -2.15. The maximum Gasteiger partial charge on any atom is 0.120 e. The van der Waals surface area contributed by atoms with Crippen LogP contribution in [0.1, 0.15) is 24.0 Å². The minimum absolute atomic E-state index is 0.230. The van der Waals surface area contributed by atoms with E-state index in [0.29, 0.717) is 6.61 Å². The molecule has 0 bridgehead atoms. The lowest BCUT2D eigenvalue weighted by Crippen LogP contribution is -2.27. The van der Waals surface area contributed by atoms with Crippen LogP contribution in [0, 0.1) is 5.41 Å². The summed E-state index contributed by atoms with van der Waals surface area (Å²) in [6, 6.07) is 18.0. The molecular formula is C17H18N2O. The summed E-state index contributed by atoms with van der Waals surface area (Å²) in [5.74, 6) is 1.09. The molecular weight excluding hydrogens is 248 g/mol. The van der Waals surface area contributed by atoms with Gasteiger partial charge in [-0.2, -0.15) is 0 Å². The third kappa shape index (κ3) is 2.39. The van der Waals surface area contributed by atoms with E-state index < -0.39 is 0 Å². The van der Waals surface area contributed by atoms with Crippen molar-refractivity contribution in [3.05, 3.63) is 65.7 Å². The predicted molar refractivity (Wildman–Crippen MR) is 80.0 cm³/mol. The second kappa shape index (κ2) is 5.00. The molecule has 102 valence electrons. The lowest BCUT2D eigenvalue weighted by molar-refractivity contribution is 0.306. The van der Waals surface area contributed by atoms with E-state index in [2.05, 4.69) is 0 Å². The Hall–Kier alpha value is -2.29. The molecule has 3 rings (SSSR count). The van der Waals surface area contributed by atoms with Crippen molar-refractivity contribution in [2.75, 3.05) is 0 Å². The highest BCUT2D eigenvalue weighted by molar-refractivity contribution is 5.92. The van der Waals surface area contributed by atoms with E-state index >= 15 is 0 Å². The molecule has 0 amide bonds. The Kier molecular flexibility index (Phi) is 3.18. The normalized spacial score (nSPS) is 15.6. The van der Waals surface area contributed by atoms with Crippen LogP contribution in [0.25, 0.3) is 0 Å². The minimum Gasteiger partial charge on any atom is -0.489 e. The number of nitrogens with two attached hydrogens (primary N) is 1. The van der Waals surface area contributed by atoms with Crippen molar-refractivity contribution in [2.24, 2.45) is 5.73 Å². The maximum atomic E-state index is 7.74. The number of amidine groups is 1. The van der Waals surface area contributed by atoms with Crippen molar-refractivity contribution in [3.8, 4) is 5.75 Å². The highest BCUT2D eigenvalue weighted by atomic mass is 16.5. The molecule has 0 spiro atoms. The Labute approximate surface area is 118 Å². The van der Waals surface area contributed by atoms with E-state index in [1.807, 2.05) is 54.6 Å². The number of nitrogens with one attached hydrogen (secondary N) is 1. The van der Waals surface area contributed by atoms with Crippen LogP contribution in [0.15, 0.2) is 54.6 Å². The van der Waals surface area contributed by atoms with Crippen molar-refractivity contribution < 1.29 is 4.74 Å². The van der Waals surface area contributed by atoms with Gasteiger partial charge in [0.15, 0.2) is 0 Å². The molecule has 2 aromatic carbocycles. The monoisotopic (exact) mass is 266 g/mol. The van der Waals surface area contributed by atoms with Gasteiger partial charge in [0.05, 0.1) is 5.41 Å². The van der Waals surface area contributed by atoms with E-state index in [4.69, 9.17) is 15.9 Å². The Bertz CT molecular complexity index is 618. The molecule has 0 saturated heterocycles. The van der Waals surface area contributed by atoms with Crippen LogP contribution in [-0.4, -0.2) is 5.84 Å². The topological polar surface area (TPSA) is 59.1 Å². The quantitative estimate of drug-likeness (QED) is 0.644. The Morgan fingerprint density at radius 3 is 2.50 bits per heavy atom. The van der Waals surface area contributed by atoms with Crippen LogP contribution in [-0.2, 0) is 12.0 Å². The molecule has 3 nitrogen and oxygen atoms in total. The van der Waals surface area contributed by atoms with Crippen LogP contribution in [0.5, 0.6) is 5.75 Å². The molecule has 0 aliphatic heterocycles. The molecule has 0 unspecified atom stereocenters. The minimum atomic E-state index is -0.230. The highest BCUT2D eigenvalue weighted by Crippen LogP contribution is 2.48. The average Bonchev–Trinajstić information content (AvgIpc) is 3.28. The van der Waals surface area contributed by atoms with Crippen molar-refractivity contribution in [2.45, 2.75) is 24.9 Å². The summed E-state index contributed by atoms with van der Waals surface area (Å²) in [5.41, 5.74) is 7.73. The van der Waals surface area contributed by atoms with Crippen molar-refractivity contribution in [1.82, 2.24) is 0 Å². The average molecular weight is 266 g/mol. The standard InChI is InChI=1S/C17H18N2O/c18-16(19)17(9-10-17)14-7-4-8-15(11-14)20-12-13-5-2-1-3-6-13/h1-8,11H,9-10,12H2,(H3,18,19). The second-order valence-corrected chi connectivity index (χ2v) is 5.30. The van der Waals surface area contributed by atoms with Crippen molar-refractivity contribution in [1.29, 1.82) is 5.41 Å². The van der Waals surface area contributed by atoms with Gasteiger partial charge < -0.3 is 10.5 Å². The molecule has 2 aromatic rings. The molecule has 1 fully saturated rings. The van der Waals surface area contributed by atoms with Gasteiger partial charge in [-0.3, -0.25) is 5.41 Å². The van der Waals surface area contributed by atoms with Gasteiger partial charge in [-0.1, -0.05) is 42.5 Å². The molecule has 1 aliphatic rings. The summed E-state index contributed by atoms with van der Waals surface area (Å²) in [5, 5.41) is 7.74. The van der Waals surface area contributed by atoms with Crippen LogP contribution in [0.2, 0.25) is 0 Å². The van der Waals surface area contributed by atoms with Crippen LogP contribution < -0.4 is 10.5 Å². The molecule has 0 atom stereocenters. The largest absolute Gasteiger partial charge is 0.489 e. The Balaban J connectivity index is 1.74. The smallest absolute Gasteiger partial charge is 0.120 e. The van der Waals surface area contributed by atoms with Gasteiger partial charge in [0, 0.05) is 0 Å². The molecule has 1 aliphatic carbocycles. The second-order valence-electron chi connectivity index (χ2n) is 5.30. The summed E-state index contributed by atoms with van der Waals surface area (Å²) < 4.78 is 5.82. The number of hydrogen-bond acceptors (Lipinski definition) is 2. The molecule has 0 aromatic heterocycles. The van der Waals surface area contributed by atoms with Crippen LogP contribution >= 0.6 is 0 Å². The fourth-order valence-electron chi connectivity index (χ4n) is 2.46. The van der Waals surface area contributed by atoms with Crippen LogP contribution in [0.4, 0.5) is 0 Å². The van der Waals surface area contributed by atoms with E-state index in [0.717, 1.165) is 29.7 Å². The first-order valence-corrected chi connectivity index (χ1v) is 6.82. The molecule has 0 radical (unpaired) electrons. The van der Waals surface area contributed by atoms with Crippen molar-refractivity contribution in [3.63, 3.8) is 0 Å². The summed E-state index contributed by atoms with van der Waals surface area (Å²) in [6.45, 7) is 0.553. The first kappa shape index (κ1) is 12.7. The molecule has 1 saturated carbocycles. The molecule has 20 heavy (non-hydrogen) atoms. The zero-order valence-corrected chi connectivity index (χ0v) is 11.3. The van der Waals surface area contributed by atoms with E-state index in [9.17, 15) is 0 Å². The summed E-state index contributed by atoms with van der Waals surface area (Å²) in [7, 11) is 0. The van der Waals surface area contributed by atoms with Gasteiger partial charge in [-0.15, -0.1) is 0 Å². The fraction of sp³-hybridized carbons (Fsp3) is 0.235. The maximum absolute atomic E-state index is 7.74. The van der Waals surface area contributed by atoms with Crippen LogP contribution in [0.3, 0.4) is 0 Å². The zero-order chi connectivity index (χ0) is 14.0. The summed E-state index contributed by atoms with van der Waals surface area (Å²) in [6.07, 6.45) is 1.93. The summed E-state index contributed by atoms with van der Waals surface area (Å²) >= 11 is 0. The number of ether oxygens (including phenoxy) is 1. The summed E-state index contributed by atoms with van der Waals surface area (Å²) in [4.78, 5) is 0. The fourth-order valence-corrected chi connectivity index (χ4v) is 2.46. The first-order chi connectivity index (χ1) is 9.71. The van der Waals surface area contributed by atoms with Gasteiger partial charge in [0.25, 0.3) is 0 Å². The van der Waals surface area contributed by atoms with E-state index in [-0.39, 0.29) is 11.3 Å². The highest BCUT2D eigenvalue weighted by Gasteiger charge is 2.47. The molecule has 3 N–H and O–H groups in total. The number of hydrogen-bond donors (Lipinski definition) is 2. The third-order valence-corrected chi connectivity index (χ3v) is 3.90. The van der Waals surface area contributed by atoms with E-state index in [1.165, 1.54) is 0 Å². The van der Waals surface area contributed by atoms with Gasteiger partial charge in [0.2, 0.25) is 0 Å². The molecule has 3 heteroatoms. The van der Waals surface area contributed by atoms with Gasteiger partial charge in [0.1, 0.15) is 18.2 Å². The Morgan fingerprint density at radius 2 is 1.85 bits per heavy atom. The van der Waals surface area contributed by atoms with Gasteiger partial charge in [-0.05, 0) is 36.1 Å². The lowest BCUT2D eigenvalue weighted by atomic mass is 9.95. The van der Waals surface area contributed by atoms with Gasteiger partial charge in [-0.25, -0.2) is 0 Å². The van der Waals surface area contributed by atoms with Crippen molar-refractivity contribution >= 4 is 5.84 Å². The molecule has 0 heterocycles. The number of rotatable bonds is 5. The Morgan fingerprint density at radius 1 is 1.10 bits per heavy atom. The van der Waals surface area contributed by atoms with E-state index in [1.54, 1.807) is 0 Å². The predicted octanol–water partition coefficient (Wildman–Crippen LogP) is 3.23. The van der Waals surface area contributed by atoms with Gasteiger partial charge >= 0.3 is 0 Å². The zero-order valence-electron chi connectivity index (χ0n) is 11.3. The third-order valence-electron chi connectivity index (χ3n) is 3.90. The number of benzene rings is 2. The first-order valence-electron chi connectivity index (χ1n) is 6.82. The SMILES string of the molecule is N=C(N)C1(c2cccc(OCc3ccccc3)c2)CC1.